The maximum Gasteiger partial charge on any atom is 0.131 e. The summed E-state index contributed by atoms with van der Waals surface area (Å²) in [6.07, 6.45) is 3.04. The molecule has 0 aliphatic heterocycles. The number of nitrogens with zero attached hydrogens (tertiary/aromatic N) is 3. The van der Waals surface area contributed by atoms with Gasteiger partial charge in [-0.05, 0) is 18.2 Å². The van der Waals surface area contributed by atoms with Crippen LogP contribution in [-0.4, -0.2) is 31.5 Å². The molecule has 3 nitrogen and oxygen atoms in total. The highest BCUT2D eigenvalue weighted by Crippen LogP contribution is 2.36. The molecule has 2 rings (SSSR count). The molecule has 0 fully saturated rings. The van der Waals surface area contributed by atoms with Gasteiger partial charge in [-0.2, -0.15) is 0 Å². The molecule has 22 heavy (non-hydrogen) atoms. The summed E-state index contributed by atoms with van der Waals surface area (Å²) >= 11 is 12.3. The molecule has 2 aromatic carbocycles. The second-order valence-corrected chi connectivity index (χ2v) is 5.56. The molecule has 0 amide bonds. The second kappa shape index (κ2) is 7.38. The second-order valence-electron chi connectivity index (χ2n) is 4.75. The van der Waals surface area contributed by atoms with Gasteiger partial charge in [0.2, 0.25) is 0 Å². The van der Waals surface area contributed by atoms with Crippen molar-refractivity contribution < 1.29 is 4.39 Å². The van der Waals surface area contributed by atoms with E-state index >= 15 is 0 Å². The molecule has 0 saturated carbocycles. The van der Waals surface area contributed by atoms with E-state index in [1.54, 1.807) is 41.6 Å². The molecule has 0 unspecified atom stereocenters. The van der Waals surface area contributed by atoms with Crippen LogP contribution in [0.5, 0.6) is 0 Å². The molecular weight excluding hydrogens is 324 g/mol. The molecule has 0 heterocycles. The summed E-state index contributed by atoms with van der Waals surface area (Å²) in [4.78, 5) is 10.2. The van der Waals surface area contributed by atoms with E-state index in [0.717, 1.165) is 0 Å². The highest BCUT2D eigenvalue weighted by molar-refractivity contribution is 6.39. The van der Waals surface area contributed by atoms with Gasteiger partial charge in [-0.3, -0.25) is 4.99 Å². The van der Waals surface area contributed by atoms with Crippen LogP contribution >= 0.6 is 23.2 Å². The zero-order valence-corrected chi connectivity index (χ0v) is 13.6. The zero-order valence-electron chi connectivity index (χ0n) is 12.1. The third kappa shape index (κ3) is 4.29. The lowest BCUT2D eigenvalue weighted by Crippen LogP contribution is -2.07. The number of aliphatic imine (C=N–C) groups is 2. The van der Waals surface area contributed by atoms with Crippen LogP contribution in [0.15, 0.2) is 46.4 Å². The van der Waals surface area contributed by atoms with Gasteiger partial charge in [0.25, 0.3) is 0 Å². The summed E-state index contributed by atoms with van der Waals surface area (Å²) in [5.74, 6) is -0.337. The molecule has 0 aliphatic rings. The predicted octanol–water partition coefficient (Wildman–Crippen LogP) is 5.10. The first-order valence-corrected chi connectivity index (χ1v) is 7.21. The fourth-order valence-electron chi connectivity index (χ4n) is 1.65. The van der Waals surface area contributed by atoms with E-state index in [1.165, 1.54) is 12.3 Å². The summed E-state index contributed by atoms with van der Waals surface area (Å²) in [5.41, 5.74) is 1.40. The van der Waals surface area contributed by atoms with Gasteiger partial charge in [0, 0.05) is 25.9 Å². The standard InChI is InChI=1S/C16H14Cl2FN3/c1-22(2)10-21-16-13(17)7-12(8-14(16)18)20-9-11-5-3-4-6-15(11)19/h3-10H,1-2H3/b20-9+,21-10-. The van der Waals surface area contributed by atoms with Crippen molar-refractivity contribution in [3.05, 3.63) is 57.8 Å². The quantitative estimate of drug-likeness (QED) is 0.563. The first-order valence-electron chi connectivity index (χ1n) is 6.45. The average molecular weight is 338 g/mol. The van der Waals surface area contributed by atoms with Crippen molar-refractivity contribution in [3.8, 4) is 0 Å². The van der Waals surface area contributed by atoms with Gasteiger partial charge in [-0.1, -0.05) is 41.4 Å². The highest BCUT2D eigenvalue weighted by Gasteiger charge is 2.07. The Bertz CT molecular complexity index is 704. The van der Waals surface area contributed by atoms with Gasteiger partial charge in [0.05, 0.1) is 22.1 Å². The van der Waals surface area contributed by atoms with Gasteiger partial charge in [-0.25, -0.2) is 9.38 Å². The Morgan fingerprint density at radius 3 is 2.27 bits per heavy atom. The number of hydrogen-bond donors (Lipinski definition) is 0. The average Bonchev–Trinajstić information content (AvgIpc) is 2.45. The van der Waals surface area contributed by atoms with Crippen molar-refractivity contribution in [1.29, 1.82) is 0 Å². The van der Waals surface area contributed by atoms with Crippen LogP contribution in [0.4, 0.5) is 15.8 Å². The molecular formula is C16H14Cl2FN3. The van der Waals surface area contributed by atoms with E-state index in [4.69, 9.17) is 23.2 Å². The molecule has 0 N–H and O–H groups in total. The van der Waals surface area contributed by atoms with Crippen LogP contribution in [0, 0.1) is 5.82 Å². The monoisotopic (exact) mass is 337 g/mol. The molecule has 0 bridgehead atoms. The largest absolute Gasteiger partial charge is 0.369 e. The van der Waals surface area contributed by atoms with Crippen LogP contribution in [0.25, 0.3) is 0 Å². The Morgan fingerprint density at radius 1 is 1.05 bits per heavy atom. The van der Waals surface area contributed by atoms with Crippen molar-refractivity contribution in [2.75, 3.05) is 14.1 Å². The Balaban J connectivity index is 2.29. The molecule has 0 radical (unpaired) electrons. The van der Waals surface area contributed by atoms with E-state index in [1.807, 2.05) is 14.1 Å². The summed E-state index contributed by atoms with van der Waals surface area (Å²) in [6, 6.07) is 9.64. The van der Waals surface area contributed by atoms with Crippen molar-refractivity contribution >= 4 is 47.1 Å². The van der Waals surface area contributed by atoms with E-state index < -0.39 is 0 Å². The van der Waals surface area contributed by atoms with Crippen LogP contribution in [-0.2, 0) is 0 Å². The number of hydrogen-bond acceptors (Lipinski definition) is 2. The zero-order chi connectivity index (χ0) is 16.1. The van der Waals surface area contributed by atoms with Gasteiger partial charge >= 0.3 is 0 Å². The highest BCUT2D eigenvalue weighted by atomic mass is 35.5. The van der Waals surface area contributed by atoms with Crippen molar-refractivity contribution in [2.24, 2.45) is 9.98 Å². The third-order valence-electron chi connectivity index (χ3n) is 2.68. The van der Waals surface area contributed by atoms with Crippen LogP contribution in [0.2, 0.25) is 10.0 Å². The fourth-order valence-corrected chi connectivity index (χ4v) is 2.22. The molecule has 0 spiro atoms. The normalized spacial score (nSPS) is 11.5. The molecule has 6 heteroatoms. The summed E-state index contributed by atoms with van der Waals surface area (Å²) in [5, 5.41) is 0.762. The summed E-state index contributed by atoms with van der Waals surface area (Å²) in [6.45, 7) is 0. The molecule has 2 aromatic rings. The van der Waals surface area contributed by atoms with E-state index in [9.17, 15) is 4.39 Å². The van der Waals surface area contributed by atoms with Crippen LogP contribution in [0.1, 0.15) is 5.56 Å². The Morgan fingerprint density at radius 2 is 1.68 bits per heavy atom. The molecule has 0 aliphatic carbocycles. The Labute approximate surface area is 138 Å². The number of benzene rings is 2. The fraction of sp³-hybridized carbons (Fsp3) is 0.125. The van der Waals surface area contributed by atoms with Crippen LogP contribution in [0.3, 0.4) is 0 Å². The number of halogens is 3. The predicted molar refractivity (Wildman–Crippen MR) is 92.0 cm³/mol. The molecule has 0 aromatic heterocycles. The van der Waals surface area contributed by atoms with Gasteiger partial charge in [0.15, 0.2) is 0 Å². The summed E-state index contributed by atoms with van der Waals surface area (Å²) < 4.78 is 13.5. The van der Waals surface area contributed by atoms with Gasteiger partial charge in [0.1, 0.15) is 11.5 Å². The maximum absolute atomic E-state index is 13.5. The lowest BCUT2D eigenvalue weighted by molar-refractivity contribution is 0.626. The van der Waals surface area contributed by atoms with Gasteiger partial charge < -0.3 is 4.90 Å². The molecule has 0 atom stereocenters. The van der Waals surface area contributed by atoms with Crippen LogP contribution < -0.4 is 0 Å². The lowest BCUT2D eigenvalue weighted by atomic mass is 10.2. The topological polar surface area (TPSA) is 28.0 Å². The first kappa shape index (κ1) is 16.5. The van der Waals surface area contributed by atoms with Crippen molar-refractivity contribution in [1.82, 2.24) is 4.90 Å². The molecule has 0 saturated heterocycles. The Kier molecular flexibility index (Phi) is 5.52. The molecule has 114 valence electrons. The maximum atomic E-state index is 13.5. The van der Waals surface area contributed by atoms with E-state index in [2.05, 4.69) is 9.98 Å². The van der Waals surface area contributed by atoms with Crippen molar-refractivity contribution in [2.45, 2.75) is 0 Å². The van der Waals surface area contributed by atoms with E-state index in [0.29, 0.717) is 27.0 Å². The minimum atomic E-state index is -0.337. The van der Waals surface area contributed by atoms with Crippen molar-refractivity contribution in [3.63, 3.8) is 0 Å². The van der Waals surface area contributed by atoms with E-state index in [-0.39, 0.29) is 5.82 Å². The summed E-state index contributed by atoms with van der Waals surface area (Å²) in [7, 11) is 3.69. The lowest BCUT2D eigenvalue weighted by Gasteiger charge is -2.06. The first-order chi connectivity index (χ1) is 10.5. The minimum Gasteiger partial charge on any atom is -0.369 e. The smallest absolute Gasteiger partial charge is 0.131 e. The SMILES string of the molecule is CN(C)/C=N\c1c(Cl)cc(/N=C/c2ccccc2F)cc1Cl. The third-order valence-corrected chi connectivity index (χ3v) is 3.25. The number of rotatable bonds is 4. The Hall–Kier alpha value is -1.91. The minimum absolute atomic E-state index is 0.337. The van der Waals surface area contributed by atoms with Gasteiger partial charge in [-0.15, -0.1) is 0 Å².